The van der Waals surface area contributed by atoms with Crippen LogP contribution in [0.25, 0.3) is 0 Å². The number of carbonyl (C=O) groups excluding carboxylic acids is 3. The number of hydrogen-bond donors (Lipinski definition) is 2. The fourth-order valence-electron chi connectivity index (χ4n) is 4.03. The van der Waals surface area contributed by atoms with Gasteiger partial charge in [0.15, 0.2) is 0 Å². The van der Waals surface area contributed by atoms with Crippen LogP contribution in [0.1, 0.15) is 57.3 Å². The zero-order valence-electron chi connectivity index (χ0n) is 19.8. The summed E-state index contributed by atoms with van der Waals surface area (Å²) in [7, 11) is 0. The highest BCUT2D eigenvalue weighted by molar-refractivity contribution is 6.02. The first kappa shape index (κ1) is 23.9. The smallest absolute Gasteiger partial charge is 0.317 e. The number of anilines is 2. The van der Waals surface area contributed by atoms with E-state index in [2.05, 4.69) is 15.5 Å². The van der Waals surface area contributed by atoms with Crippen LogP contribution in [-0.4, -0.2) is 73.0 Å². The van der Waals surface area contributed by atoms with E-state index in [1.165, 1.54) is 0 Å². The third-order valence-electron chi connectivity index (χ3n) is 6.03. The molecule has 8 nitrogen and oxygen atoms in total. The SMILES string of the molecule is CCN(CC)C(=O)c1cc(NC(=O)C2CC2)ccc1N1CCCN(C(=O)NC(C)C)CC1. The molecule has 1 heterocycles. The predicted octanol–water partition coefficient (Wildman–Crippen LogP) is 3.15. The molecule has 32 heavy (non-hydrogen) atoms. The Morgan fingerprint density at radius 2 is 1.78 bits per heavy atom. The molecule has 1 aromatic rings. The Morgan fingerprint density at radius 1 is 1.06 bits per heavy atom. The van der Waals surface area contributed by atoms with Crippen molar-refractivity contribution in [3.63, 3.8) is 0 Å². The molecule has 0 unspecified atom stereocenters. The van der Waals surface area contributed by atoms with E-state index in [0.717, 1.165) is 31.5 Å². The summed E-state index contributed by atoms with van der Waals surface area (Å²) in [6.07, 6.45) is 2.69. The maximum absolute atomic E-state index is 13.3. The molecule has 0 spiro atoms. The molecule has 3 rings (SSSR count). The Labute approximate surface area is 191 Å². The van der Waals surface area contributed by atoms with Crippen molar-refractivity contribution < 1.29 is 14.4 Å². The van der Waals surface area contributed by atoms with E-state index in [-0.39, 0.29) is 29.8 Å². The quantitative estimate of drug-likeness (QED) is 0.678. The highest BCUT2D eigenvalue weighted by Gasteiger charge is 2.30. The summed E-state index contributed by atoms with van der Waals surface area (Å²) in [5.74, 6) is 0.0944. The summed E-state index contributed by atoms with van der Waals surface area (Å²) in [5.41, 5.74) is 2.12. The van der Waals surface area contributed by atoms with Gasteiger partial charge < -0.3 is 25.3 Å². The van der Waals surface area contributed by atoms with Crippen LogP contribution in [0, 0.1) is 5.92 Å². The number of carbonyl (C=O) groups is 3. The van der Waals surface area contributed by atoms with Crippen LogP contribution < -0.4 is 15.5 Å². The third kappa shape index (κ3) is 5.93. The van der Waals surface area contributed by atoms with Crippen molar-refractivity contribution in [2.24, 2.45) is 5.92 Å². The van der Waals surface area contributed by atoms with Crippen LogP contribution in [0.4, 0.5) is 16.2 Å². The van der Waals surface area contributed by atoms with Crippen LogP contribution >= 0.6 is 0 Å². The van der Waals surface area contributed by atoms with Crippen LogP contribution in [0.3, 0.4) is 0 Å². The van der Waals surface area contributed by atoms with Gasteiger partial charge >= 0.3 is 6.03 Å². The third-order valence-corrected chi connectivity index (χ3v) is 6.03. The summed E-state index contributed by atoms with van der Waals surface area (Å²) in [6, 6.07) is 5.67. The number of amides is 4. The molecule has 2 fully saturated rings. The second-order valence-electron chi connectivity index (χ2n) is 8.90. The molecule has 1 saturated carbocycles. The van der Waals surface area contributed by atoms with Crippen LogP contribution in [0.15, 0.2) is 18.2 Å². The van der Waals surface area contributed by atoms with Gasteiger partial charge in [0.05, 0.1) is 5.56 Å². The monoisotopic (exact) mass is 443 g/mol. The minimum absolute atomic E-state index is 0.0283. The van der Waals surface area contributed by atoms with E-state index in [4.69, 9.17) is 0 Å². The van der Waals surface area contributed by atoms with Crippen LogP contribution in [0.2, 0.25) is 0 Å². The van der Waals surface area contributed by atoms with E-state index in [0.29, 0.717) is 44.0 Å². The Hall–Kier alpha value is -2.77. The lowest BCUT2D eigenvalue weighted by Crippen LogP contribution is -2.44. The van der Waals surface area contributed by atoms with Gasteiger partial charge in [-0.1, -0.05) is 0 Å². The molecule has 2 N–H and O–H groups in total. The van der Waals surface area contributed by atoms with E-state index in [1.54, 1.807) is 4.90 Å². The fourth-order valence-corrected chi connectivity index (χ4v) is 4.03. The molecule has 4 amide bonds. The molecule has 0 radical (unpaired) electrons. The molecule has 8 heteroatoms. The Bertz CT molecular complexity index is 833. The van der Waals surface area contributed by atoms with Crippen molar-refractivity contribution in [1.29, 1.82) is 0 Å². The minimum Gasteiger partial charge on any atom is -0.369 e. The second kappa shape index (κ2) is 10.7. The van der Waals surface area contributed by atoms with Gasteiger partial charge in [0.25, 0.3) is 5.91 Å². The van der Waals surface area contributed by atoms with Crippen molar-refractivity contribution in [1.82, 2.24) is 15.1 Å². The zero-order valence-corrected chi connectivity index (χ0v) is 19.8. The Balaban J connectivity index is 1.82. The first-order valence-electron chi connectivity index (χ1n) is 11.9. The normalized spacial score (nSPS) is 16.5. The fraction of sp³-hybridized carbons (Fsp3) is 0.625. The predicted molar refractivity (Wildman–Crippen MR) is 127 cm³/mol. The molecule has 1 aliphatic carbocycles. The average Bonchev–Trinajstić information content (AvgIpc) is 3.61. The van der Waals surface area contributed by atoms with Crippen LogP contribution in [-0.2, 0) is 4.79 Å². The molecule has 1 saturated heterocycles. The summed E-state index contributed by atoms with van der Waals surface area (Å²) in [6.45, 7) is 11.8. The van der Waals surface area contributed by atoms with Gasteiger partial charge in [0.2, 0.25) is 5.91 Å². The number of benzene rings is 1. The van der Waals surface area contributed by atoms with E-state index >= 15 is 0 Å². The average molecular weight is 444 g/mol. The lowest BCUT2D eigenvalue weighted by molar-refractivity contribution is -0.117. The number of urea groups is 1. The summed E-state index contributed by atoms with van der Waals surface area (Å²) in [4.78, 5) is 43.9. The molecular weight excluding hydrogens is 406 g/mol. The maximum Gasteiger partial charge on any atom is 0.317 e. The largest absolute Gasteiger partial charge is 0.369 e. The lowest BCUT2D eigenvalue weighted by atomic mass is 10.1. The molecule has 176 valence electrons. The second-order valence-corrected chi connectivity index (χ2v) is 8.90. The standard InChI is InChI=1S/C24H37N5O3/c1-5-27(6-2)23(31)20-16-19(26-22(30)18-8-9-18)10-11-21(20)28-12-7-13-29(15-14-28)24(32)25-17(3)4/h10-11,16-18H,5-9,12-15H2,1-4H3,(H,25,32)(H,26,30). The summed E-state index contributed by atoms with van der Waals surface area (Å²) >= 11 is 0. The van der Waals surface area contributed by atoms with Crippen molar-refractivity contribution in [2.45, 2.75) is 53.0 Å². The van der Waals surface area contributed by atoms with E-state index < -0.39 is 0 Å². The van der Waals surface area contributed by atoms with Crippen molar-refractivity contribution in [3.05, 3.63) is 23.8 Å². The summed E-state index contributed by atoms with van der Waals surface area (Å²) < 4.78 is 0. The van der Waals surface area contributed by atoms with Gasteiger partial charge in [-0.3, -0.25) is 9.59 Å². The Morgan fingerprint density at radius 3 is 2.41 bits per heavy atom. The van der Waals surface area contributed by atoms with Gasteiger partial charge in [-0.05, 0) is 65.2 Å². The molecule has 0 atom stereocenters. The van der Waals surface area contributed by atoms with Gasteiger partial charge in [-0.15, -0.1) is 0 Å². The first-order chi connectivity index (χ1) is 15.3. The molecule has 0 aromatic heterocycles. The number of hydrogen-bond acceptors (Lipinski definition) is 4. The van der Waals surface area contributed by atoms with E-state index in [1.807, 2.05) is 50.8 Å². The number of rotatable bonds is 7. The Kier molecular flexibility index (Phi) is 7.99. The van der Waals surface area contributed by atoms with Crippen LogP contribution in [0.5, 0.6) is 0 Å². The highest BCUT2D eigenvalue weighted by Crippen LogP contribution is 2.32. The lowest BCUT2D eigenvalue weighted by Gasteiger charge is -2.28. The number of nitrogens with zero attached hydrogens (tertiary/aromatic N) is 3. The highest BCUT2D eigenvalue weighted by atomic mass is 16.2. The molecule has 0 bridgehead atoms. The van der Waals surface area contributed by atoms with Gasteiger partial charge in [0, 0.05) is 62.6 Å². The molecule has 1 aliphatic heterocycles. The summed E-state index contributed by atoms with van der Waals surface area (Å²) in [5, 5.41) is 5.93. The minimum atomic E-state index is -0.0422. The number of nitrogens with one attached hydrogen (secondary N) is 2. The first-order valence-corrected chi connectivity index (χ1v) is 11.9. The van der Waals surface area contributed by atoms with E-state index in [9.17, 15) is 14.4 Å². The molecule has 2 aliphatic rings. The van der Waals surface area contributed by atoms with Crippen molar-refractivity contribution in [3.8, 4) is 0 Å². The molecule has 1 aromatic carbocycles. The zero-order chi connectivity index (χ0) is 23.3. The maximum atomic E-state index is 13.3. The van der Waals surface area contributed by atoms with Crippen molar-refractivity contribution >= 4 is 29.2 Å². The van der Waals surface area contributed by atoms with Gasteiger partial charge in [-0.2, -0.15) is 0 Å². The molecular formula is C24H37N5O3. The van der Waals surface area contributed by atoms with Crippen molar-refractivity contribution in [2.75, 3.05) is 49.5 Å². The van der Waals surface area contributed by atoms with Gasteiger partial charge in [0.1, 0.15) is 0 Å². The topological polar surface area (TPSA) is 85.0 Å². The van der Waals surface area contributed by atoms with Gasteiger partial charge in [-0.25, -0.2) is 4.79 Å².